The zero-order valence-electron chi connectivity index (χ0n) is 15.0. The van der Waals surface area contributed by atoms with Crippen molar-refractivity contribution in [3.63, 3.8) is 0 Å². The SMILES string of the molecule is O=C(C1CCC(=O)N(C2CCCCCC2)C1)N1Cc2ccccc2C1. The molecular weight excluding hydrogens is 312 g/mol. The number of benzene rings is 1. The molecule has 0 radical (unpaired) electrons. The van der Waals surface area contributed by atoms with Gasteiger partial charge in [-0.25, -0.2) is 0 Å². The Morgan fingerprint density at radius 2 is 1.56 bits per heavy atom. The summed E-state index contributed by atoms with van der Waals surface area (Å²) in [7, 11) is 0. The van der Waals surface area contributed by atoms with E-state index in [0.717, 1.165) is 25.9 Å². The second-order valence-corrected chi connectivity index (χ2v) is 7.89. The maximum absolute atomic E-state index is 13.1. The van der Waals surface area contributed by atoms with Gasteiger partial charge in [-0.1, -0.05) is 49.9 Å². The highest BCUT2D eigenvalue weighted by Crippen LogP contribution is 2.30. The van der Waals surface area contributed by atoms with Gasteiger partial charge in [-0.05, 0) is 30.4 Å². The normalized spacial score (nSPS) is 25.0. The maximum atomic E-state index is 13.1. The Morgan fingerprint density at radius 3 is 2.20 bits per heavy atom. The van der Waals surface area contributed by atoms with Crippen molar-refractivity contribution in [2.24, 2.45) is 5.92 Å². The predicted molar refractivity (Wildman–Crippen MR) is 96.6 cm³/mol. The number of rotatable bonds is 2. The van der Waals surface area contributed by atoms with Crippen molar-refractivity contribution < 1.29 is 9.59 Å². The minimum Gasteiger partial charge on any atom is -0.339 e. The summed E-state index contributed by atoms with van der Waals surface area (Å²) in [6, 6.07) is 8.68. The summed E-state index contributed by atoms with van der Waals surface area (Å²) in [4.78, 5) is 29.6. The summed E-state index contributed by atoms with van der Waals surface area (Å²) in [5, 5.41) is 0. The van der Waals surface area contributed by atoms with Gasteiger partial charge in [-0.2, -0.15) is 0 Å². The Balaban J connectivity index is 1.42. The Labute approximate surface area is 150 Å². The quantitative estimate of drug-likeness (QED) is 0.773. The van der Waals surface area contributed by atoms with Crippen LogP contribution in [0.3, 0.4) is 0 Å². The van der Waals surface area contributed by atoms with Gasteiger partial charge in [0.05, 0.1) is 5.92 Å². The molecule has 2 aliphatic heterocycles. The first kappa shape index (κ1) is 16.6. The van der Waals surface area contributed by atoms with Crippen molar-refractivity contribution in [2.45, 2.75) is 70.5 Å². The van der Waals surface area contributed by atoms with E-state index in [1.165, 1.54) is 36.8 Å². The molecule has 1 aromatic rings. The van der Waals surface area contributed by atoms with E-state index in [4.69, 9.17) is 0 Å². The number of fused-ring (bicyclic) bond motifs is 1. The van der Waals surface area contributed by atoms with Crippen LogP contribution in [0.4, 0.5) is 0 Å². The molecule has 134 valence electrons. The number of carbonyl (C=O) groups excluding carboxylic acids is 2. The molecule has 4 rings (SSSR count). The lowest BCUT2D eigenvalue weighted by atomic mass is 9.93. The largest absolute Gasteiger partial charge is 0.339 e. The highest BCUT2D eigenvalue weighted by Gasteiger charge is 2.37. The van der Waals surface area contributed by atoms with Crippen LogP contribution in [0.1, 0.15) is 62.5 Å². The molecule has 2 fully saturated rings. The van der Waals surface area contributed by atoms with Crippen LogP contribution in [-0.2, 0) is 22.7 Å². The predicted octanol–water partition coefficient (Wildman–Crippen LogP) is 3.49. The highest BCUT2D eigenvalue weighted by molar-refractivity contribution is 5.84. The molecular formula is C21H28N2O2. The molecule has 2 heterocycles. The van der Waals surface area contributed by atoms with E-state index in [1.54, 1.807) is 0 Å². The first-order valence-corrected chi connectivity index (χ1v) is 9.87. The highest BCUT2D eigenvalue weighted by atomic mass is 16.2. The number of likely N-dealkylation sites (tertiary alicyclic amines) is 1. The number of amides is 2. The van der Waals surface area contributed by atoms with Gasteiger partial charge in [0, 0.05) is 32.1 Å². The first-order valence-electron chi connectivity index (χ1n) is 9.87. The molecule has 2 amide bonds. The van der Waals surface area contributed by atoms with E-state index in [9.17, 15) is 9.59 Å². The van der Waals surface area contributed by atoms with Crippen molar-refractivity contribution in [3.05, 3.63) is 35.4 Å². The lowest BCUT2D eigenvalue weighted by Gasteiger charge is -2.38. The number of carbonyl (C=O) groups is 2. The van der Waals surface area contributed by atoms with Crippen LogP contribution < -0.4 is 0 Å². The molecule has 0 N–H and O–H groups in total. The van der Waals surface area contributed by atoms with Crippen LogP contribution in [0.15, 0.2) is 24.3 Å². The number of hydrogen-bond acceptors (Lipinski definition) is 2. The molecule has 3 aliphatic rings. The van der Waals surface area contributed by atoms with E-state index >= 15 is 0 Å². The Bertz CT molecular complexity index is 624. The molecule has 4 nitrogen and oxygen atoms in total. The van der Waals surface area contributed by atoms with Gasteiger partial charge < -0.3 is 9.80 Å². The van der Waals surface area contributed by atoms with Crippen LogP contribution in [0.2, 0.25) is 0 Å². The molecule has 0 aromatic heterocycles. The second kappa shape index (κ2) is 7.19. The summed E-state index contributed by atoms with van der Waals surface area (Å²) < 4.78 is 0. The minimum atomic E-state index is -0.0183. The fraction of sp³-hybridized carbons (Fsp3) is 0.619. The van der Waals surface area contributed by atoms with Crippen LogP contribution in [0.25, 0.3) is 0 Å². The summed E-state index contributed by atoms with van der Waals surface area (Å²) in [5.41, 5.74) is 2.53. The standard InChI is InChI=1S/C21H28N2O2/c24-20-12-11-18(15-23(20)19-9-3-1-2-4-10-19)21(25)22-13-16-7-5-6-8-17(16)14-22/h5-8,18-19H,1-4,9-15H2. The fourth-order valence-electron chi connectivity index (χ4n) is 4.74. The number of hydrogen-bond donors (Lipinski definition) is 0. The van der Waals surface area contributed by atoms with Crippen LogP contribution in [0, 0.1) is 5.92 Å². The Hall–Kier alpha value is -1.84. The van der Waals surface area contributed by atoms with E-state index < -0.39 is 0 Å². The minimum absolute atomic E-state index is 0.0183. The van der Waals surface area contributed by atoms with E-state index in [-0.39, 0.29) is 17.7 Å². The van der Waals surface area contributed by atoms with Gasteiger partial charge in [0.1, 0.15) is 0 Å². The van der Waals surface area contributed by atoms with Gasteiger partial charge in [-0.15, -0.1) is 0 Å². The average Bonchev–Trinajstić information content (AvgIpc) is 2.88. The summed E-state index contributed by atoms with van der Waals surface area (Å²) in [6.07, 6.45) is 8.48. The second-order valence-electron chi connectivity index (χ2n) is 7.89. The third-order valence-corrected chi connectivity index (χ3v) is 6.21. The van der Waals surface area contributed by atoms with Gasteiger partial charge in [0.25, 0.3) is 0 Å². The van der Waals surface area contributed by atoms with Crippen molar-refractivity contribution in [1.82, 2.24) is 9.80 Å². The third kappa shape index (κ3) is 3.44. The summed E-state index contributed by atoms with van der Waals surface area (Å²) in [6.45, 7) is 2.08. The van der Waals surface area contributed by atoms with E-state index in [0.29, 0.717) is 25.4 Å². The number of nitrogens with zero attached hydrogens (tertiary/aromatic N) is 2. The maximum Gasteiger partial charge on any atom is 0.228 e. The first-order chi connectivity index (χ1) is 12.2. The van der Waals surface area contributed by atoms with Crippen LogP contribution in [0.5, 0.6) is 0 Å². The average molecular weight is 340 g/mol. The molecule has 25 heavy (non-hydrogen) atoms. The monoisotopic (exact) mass is 340 g/mol. The lowest BCUT2D eigenvalue weighted by Crippen LogP contribution is -2.50. The zero-order chi connectivity index (χ0) is 17.2. The number of piperidine rings is 1. The van der Waals surface area contributed by atoms with Crippen molar-refractivity contribution in [3.8, 4) is 0 Å². The summed E-state index contributed by atoms with van der Waals surface area (Å²) >= 11 is 0. The van der Waals surface area contributed by atoms with Crippen molar-refractivity contribution in [1.29, 1.82) is 0 Å². The van der Waals surface area contributed by atoms with Gasteiger partial charge in [0.2, 0.25) is 11.8 Å². The molecule has 1 unspecified atom stereocenters. The topological polar surface area (TPSA) is 40.6 Å². The van der Waals surface area contributed by atoms with Gasteiger partial charge >= 0.3 is 0 Å². The Morgan fingerprint density at radius 1 is 0.920 bits per heavy atom. The molecule has 0 spiro atoms. The zero-order valence-corrected chi connectivity index (χ0v) is 15.0. The van der Waals surface area contributed by atoms with Crippen molar-refractivity contribution >= 4 is 11.8 Å². The molecule has 0 bridgehead atoms. The molecule has 1 aliphatic carbocycles. The molecule has 4 heteroatoms. The van der Waals surface area contributed by atoms with E-state index in [1.807, 2.05) is 17.0 Å². The molecule has 1 aromatic carbocycles. The van der Waals surface area contributed by atoms with Gasteiger partial charge in [-0.3, -0.25) is 9.59 Å². The fourth-order valence-corrected chi connectivity index (χ4v) is 4.74. The Kier molecular flexibility index (Phi) is 4.78. The molecule has 1 atom stereocenters. The molecule has 1 saturated carbocycles. The van der Waals surface area contributed by atoms with E-state index in [2.05, 4.69) is 17.0 Å². The smallest absolute Gasteiger partial charge is 0.228 e. The van der Waals surface area contributed by atoms with Crippen molar-refractivity contribution in [2.75, 3.05) is 6.54 Å². The van der Waals surface area contributed by atoms with Crippen LogP contribution in [-0.4, -0.2) is 34.2 Å². The summed E-state index contributed by atoms with van der Waals surface area (Å²) in [5.74, 6) is 0.484. The van der Waals surface area contributed by atoms with Gasteiger partial charge in [0.15, 0.2) is 0 Å². The lowest BCUT2D eigenvalue weighted by molar-refractivity contribution is -0.145. The molecule has 1 saturated heterocycles. The van der Waals surface area contributed by atoms with Crippen LogP contribution >= 0.6 is 0 Å². The third-order valence-electron chi connectivity index (χ3n) is 6.21.